The number of ether oxygens (including phenoxy) is 1. The Morgan fingerprint density at radius 1 is 1.14 bits per heavy atom. The number of benzene rings is 1. The lowest BCUT2D eigenvalue weighted by Gasteiger charge is -2.17. The summed E-state index contributed by atoms with van der Waals surface area (Å²) in [7, 11) is 2.10. The third-order valence-electron chi connectivity index (χ3n) is 4.83. The summed E-state index contributed by atoms with van der Waals surface area (Å²) >= 11 is 0. The summed E-state index contributed by atoms with van der Waals surface area (Å²) in [6, 6.07) is 10.4. The van der Waals surface area contributed by atoms with E-state index < -0.39 is 0 Å². The maximum Gasteiger partial charge on any atom is 0.222 e. The standard InChI is InChI=1S/C21H26N6O/c1-26(15-17-5-7-19(8-6-17)27-10-3-9-25-27)16-18-12-22-21(23-13-18)24-14-20-4-2-11-28-20/h3,5-10,12-13,20H,2,4,11,14-16H2,1H3,(H,22,23,24). The molecule has 146 valence electrons. The molecular weight excluding hydrogens is 352 g/mol. The lowest BCUT2D eigenvalue weighted by Crippen LogP contribution is -2.20. The molecule has 0 spiro atoms. The van der Waals surface area contributed by atoms with Gasteiger partial charge in [0.1, 0.15) is 0 Å². The summed E-state index contributed by atoms with van der Waals surface area (Å²) < 4.78 is 7.47. The van der Waals surface area contributed by atoms with Gasteiger partial charge in [0.2, 0.25) is 5.95 Å². The van der Waals surface area contributed by atoms with Gasteiger partial charge in [-0.05, 0) is 43.7 Å². The predicted molar refractivity (Wildman–Crippen MR) is 108 cm³/mol. The van der Waals surface area contributed by atoms with Gasteiger partial charge >= 0.3 is 0 Å². The summed E-state index contributed by atoms with van der Waals surface area (Å²) in [6.07, 6.45) is 10.1. The zero-order chi connectivity index (χ0) is 19.2. The minimum atomic E-state index is 0.286. The Morgan fingerprint density at radius 2 is 1.93 bits per heavy atom. The van der Waals surface area contributed by atoms with Crippen LogP contribution in [0.5, 0.6) is 0 Å². The topological polar surface area (TPSA) is 68.1 Å². The van der Waals surface area contributed by atoms with Crippen molar-refractivity contribution in [2.75, 3.05) is 25.5 Å². The van der Waals surface area contributed by atoms with Gasteiger partial charge in [0.05, 0.1) is 11.8 Å². The van der Waals surface area contributed by atoms with Crippen LogP contribution in [0.1, 0.15) is 24.0 Å². The Hall–Kier alpha value is -2.77. The van der Waals surface area contributed by atoms with Gasteiger partial charge in [0.25, 0.3) is 0 Å². The molecule has 1 unspecified atom stereocenters. The van der Waals surface area contributed by atoms with Crippen LogP contribution in [0.15, 0.2) is 55.1 Å². The molecule has 1 aliphatic rings. The van der Waals surface area contributed by atoms with Crippen LogP contribution in [-0.2, 0) is 17.8 Å². The lowest BCUT2D eigenvalue weighted by atomic mass is 10.2. The molecule has 3 aromatic rings. The number of nitrogens with zero attached hydrogens (tertiary/aromatic N) is 5. The van der Waals surface area contributed by atoms with Crippen molar-refractivity contribution in [2.24, 2.45) is 0 Å². The van der Waals surface area contributed by atoms with E-state index in [1.54, 1.807) is 6.20 Å². The molecule has 1 saturated heterocycles. The van der Waals surface area contributed by atoms with Crippen LogP contribution in [0.4, 0.5) is 5.95 Å². The third kappa shape index (κ3) is 4.94. The van der Waals surface area contributed by atoms with Crippen molar-refractivity contribution >= 4 is 5.95 Å². The van der Waals surface area contributed by atoms with Crippen LogP contribution < -0.4 is 5.32 Å². The van der Waals surface area contributed by atoms with Gasteiger partial charge in [-0.2, -0.15) is 5.10 Å². The van der Waals surface area contributed by atoms with Gasteiger partial charge in [0.15, 0.2) is 0 Å². The normalized spacial score (nSPS) is 16.6. The van der Waals surface area contributed by atoms with Gasteiger partial charge in [-0.15, -0.1) is 0 Å². The van der Waals surface area contributed by atoms with Crippen LogP contribution in [0, 0.1) is 0 Å². The fraction of sp³-hybridized carbons (Fsp3) is 0.381. The van der Waals surface area contributed by atoms with E-state index >= 15 is 0 Å². The SMILES string of the molecule is CN(Cc1ccc(-n2cccn2)cc1)Cc1cnc(NCC2CCCO2)nc1. The molecule has 3 heterocycles. The van der Waals surface area contributed by atoms with Crippen molar-refractivity contribution in [3.05, 3.63) is 66.2 Å². The maximum atomic E-state index is 5.61. The molecule has 1 fully saturated rings. The smallest absolute Gasteiger partial charge is 0.222 e. The molecule has 0 saturated carbocycles. The molecule has 0 bridgehead atoms. The Morgan fingerprint density at radius 3 is 2.61 bits per heavy atom. The highest BCUT2D eigenvalue weighted by atomic mass is 16.5. The highest BCUT2D eigenvalue weighted by Gasteiger charge is 2.15. The molecule has 0 radical (unpaired) electrons. The van der Waals surface area contributed by atoms with Crippen LogP contribution in [0.3, 0.4) is 0 Å². The van der Waals surface area contributed by atoms with E-state index in [9.17, 15) is 0 Å². The predicted octanol–water partition coefficient (Wildman–Crippen LogP) is 2.89. The molecule has 4 rings (SSSR count). The Labute approximate surface area is 165 Å². The molecule has 1 N–H and O–H groups in total. The lowest BCUT2D eigenvalue weighted by molar-refractivity contribution is 0.120. The molecule has 1 aromatic carbocycles. The second kappa shape index (κ2) is 8.95. The highest BCUT2D eigenvalue weighted by Crippen LogP contribution is 2.13. The Kier molecular flexibility index (Phi) is 5.94. The minimum absolute atomic E-state index is 0.286. The molecular formula is C21H26N6O. The average Bonchev–Trinajstić information content (AvgIpc) is 3.42. The van der Waals surface area contributed by atoms with Crippen molar-refractivity contribution in [1.29, 1.82) is 0 Å². The molecule has 7 heteroatoms. The van der Waals surface area contributed by atoms with Crippen LogP contribution in [0.2, 0.25) is 0 Å². The summed E-state index contributed by atoms with van der Waals surface area (Å²) in [5.74, 6) is 0.663. The van der Waals surface area contributed by atoms with E-state index in [0.717, 1.165) is 50.3 Å². The van der Waals surface area contributed by atoms with Crippen LogP contribution >= 0.6 is 0 Å². The largest absolute Gasteiger partial charge is 0.376 e. The number of aromatic nitrogens is 4. The highest BCUT2D eigenvalue weighted by molar-refractivity contribution is 5.33. The van der Waals surface area contributed by atoms with E-state index in [0.29, 0.717) is 5.95 Å². The quantitative estimate of drug-likeness (QED) is 0.650. The second-order valence-corrected chi connectivity index (χ2v) is 7.22. The first kappa shape index (κ1) is 18.6. The third-order valence-corrected chi connectivity index (χ3v) is 4.83. The summed E-state index contributed by atoms with van der Waals surface area (Å²) in [4.78, 5) is 11.1. The van der Waals surface area contributed by atoms with E-state index in [-0.39, 0.29) is 6.10 Å². The number of nitrogens with one attached hydrogen (secondary N) is 1. The summed E-state index contributed by atoms with van der Waals surface area (Å²) in [5.41, 5.74) is 3.42. The van der Waals surface area contributed by atoms with Crippen molar-refractivity contribution in [1.82, 2.24) is 24.6 Å². The summed E-state index contributed by atoms with van der Waals surface area (Å²) in [5, 5.41) is 7.51. The van der Waals surface area contributed by atoms with Crippen molar-refractivity contribution in [3.8, 4) is 5.69 Å². The summed E-state index contributed by atoms with van der Waals surface area (Å²) in [6.45, 7) is 3.30. The van der Waals surface area contributed by atoms with Gasteiger partial charge < -0.3 is 10.1 Å². The fourth-order valence-electron chi connectivity index (χ4n) is 3.39. The zero-order valence-electron chi connectivity index (χ0n) is 16.2. The monoisotopic (exact) mass is 378 g/mol. The number of hydrogen-bond donors (Lipinski definition) is 1. The van der Waals surface area contributed by atoms with E-state index in [4.69, 9.17) is 4.74 Å². The molecule has 2 aromatic heterocycles. The van der Waals surface area contributed by atoms with Crippen molar-refractivity contribution in [3.63, 3.8) is 0 Å². The second-order valence-electron chi connectivity index (χ2n) is 7.22. The maximum absolute atomic E-state index is 5.61. The van der Waals surface area contributed by atoms with Crippen LogP contribution in [-0.4, -0.2) is 51.0 Å². The first-order valence-electron chi connectivity index (χ1n) is 9.70. The van der Waals surface area contributed by atoms with E-state index in [2.05, 4.69) is 56.6 Å². The van der Waals surface area contributed by atoms with Gasteiger partial charge in [0, 0.05) is 56.6 Å². The molecule has 7 nitrogen and oxygen atoms in total. The number of hydrogen-bond acceptors (Lipinski definition) is 6. The number of anilines is 1. The molecule has 28 heavy (non-hydrogen) atoms. The Balaban J connectivity index is 1.26. The average molecular weight is 378 g/mol. The first-order valence-corrected chi connectivity index (χ1v) is 9.70. The molecule has 0 amide bonds. The van der Waals surface area contributed by atoms with Crippen LogP contribution in [0.25, 0.3) is 5.69 Å². The Bertz CT molecular complexity index is 842. The van der Waals surface area contributed by atoms with Crippen molar-refractivity contribution in [2.45, 2.75) is 32.0 Å². The molecule has 0 aliphatic carbocycles. The van der Waals surface area contributed by atoms with Gasteiger partial charge in [-0.3, -0.25) is 4.90 Å². The zero-order valence-corrected chi connectivity index (χ0v) is 16.2. The minimum Gasteiger partial charge on any atom is -0.376 e. The molecule has 1 aliphatic heterocycles. The van der Waals surface area contributed by atoms with Gasteiger partial charge in [-0.1, -0.05) is 12.1 Å². The van der Waals surface area contributed by atoms with E-state index in [1.807, 2.05) is 29.3 Å². The fourth-order valence-corrected chi connectivity index (χ4v) is 3.39. The van der Waals surface area contributed by atoms with Crippen molar-refractivity contribution < 1.29 is 4.74 Å². The van der Waals surface area contributed by atoms with Gasteiger partial charge in [-0.25, -0.2) is 14.6 Å². The first-order chi connectivity index (χ1) is 13.8. The molecule has 1 atom stereocenters. The van der Waals surface area contributed by atoms with E-state index in [1.165, 1.54) is 5.56 Å². The number of rotatable bonds is 8.